The summed E-state index contributed by atoms with van der Waals surface area (Å²) in [6.45, 7) is 8.22. The maximum absolute atomic E-state index is 13.2. The van der Waals surface area contributed by atoms with Gasteiger partial charge >= 0.3 is 0 Å². The first-order chi connectivity index (χ1) is 16.1. The Balaban J connectivity index is 1.64. The first-order valence-electron chi connectivity index (χ1n) is 11.8. The molecule has 1 amide bonds. The van der Waals surface area contributed by atoms with E-state index < -0.39 is 10.0 Å². The number of benzene rings is 2. The van der Waals surface area contributed by atoms with E-state index in [2.05, 4.69) is 25.5 Å². The Bertz CT molecular complexity index is 1070. The van der Waals surface area contributed by atoms with Crippen LogP contribution in [0.25, 0.3) is 0 Å². The molecule has 1 aliphatic heterocycles. The van der Waals surface area contributed by atoms with Gasteiger partial charge in [0.05, 0.1) is 10.5 Å². The van der Waals surface area contributed by atoms with Gasteiger partial charge in [0.1, 0.15) is 12.4 Å². The van der Waals surface area contributed by atoms with Gasteiger partial charge in [-0.2, -0.15) is 0 Å². The molecule has 2 aromatic carbocycles. The van der Waals surface area contributed by atoms with Gasteiger partial charge in [-0.05, 0) is 60.4 Å². The smallest absolute Gasteiger partial charge is 0.255 e. The van der Waals surface area contributed by atoms with Crippen LogP contribution in [0.5, 0.6) is 5.75 Å². The van der Waals surface area contributed by atoms with Crippen LogP contribution in [0.4, 0.5) is 0 Å². The fourth-order valence-electron chi connectivity index (χ4n) is 3.94. The van der Waals surface area contributed by atoms with E-state index in [1.54, 1.807) is 12.1 Å². The lowest BCUT2D eigenvalue weighted by Crippen LogP contribution is -2.33. The van der Waals surface area contributed by atoms with Crippen LogP contribution < -0.4 is 9.46 Å². The molecule has 8 heteroatoms. The Morgan fingerprint density at radius 3 is 2.26 bits per heavy atom. The van der Waals surface area contributed by atoms with Crippen molar-refractivity contribution < 1.29 is 17.9 Å². The lowest BCUT2D eigenvalue weighted by molar-refractivity contribution is 0.0758. The van der Waals surface area contributed by atoms with Crippen LogP contribution in [0.3, 0.4) is 0 Å². The van der Waals surface area contributed by atoms with Gasteiger partial charge in [0, 0.05) is 24.5 Å². The third kappa shape index (κ3) is 6.99. The van der Waals surface area contributed by atoms with Crippen molar-refractivity contribution in [2.24, 2.45) is 0 Å². The van der Waals surface area contributed by atoms with Gasteiger partial charge in [-0.15, -0.1) is 11.8 Å². The SMILES string of the molecule is CSc1ccc(S(=O)(=O)NCCOc2ccc(C(C)(C)C)cc2)cc1C(=O)N1CCCCCC1. The lowest BCUT2D eigenvalue weighted by Gasteiger charge is -2.22. The number of hydrogen-bond acceptors (Lipinski definition) is 5. The van der Waals surface area contributed by atoms with Crippen molar-refractivity contribution in [3.8, 4) is 5.75 Å². The average molecular weight is 505 g/mol. The van der Waals surface area contributed by atoms with Crippen molar-refractivity contribution in [2.75, 3.05) is 32.5 Å². The highest BCUT2D eigenvalue weighted by Crippen LogP contribution is 2.26. The van der Waals surface area contributed by atoms with E-state index in [0.29, 0.717) is 11.3 Å². The number of likely N-dealkylation sites (tertiary alicyclic amines) is 1. The summed E-state index contributed by atoms with van der Waals surface area (Å²) < 4.78 is 34.1. The molecule has 1 fully saturated rings. The lowest BCUT2D eigenvalue weighted by atomic mass is 9.87. The van der Waals surface area contributed by atoms with Crippen LogP contribution in [-0.4, -0.2) is 51.7 Å². The molecule has 0 aromatic heterocycles. The molecule has 0 saturated carbocycles. The van der Waals surface area contributed by atoms with E-state index >= 15 is 0 Å². The molecule has 6 nitrogen and oxygen atoms in total. The summed E-state index contributed by atoms with van der Waals surface area (Å²) in [7, 11) is -3.77. The molecule has 0 radical (unpaired) electrons. The quantitative estimate of drug-likeness (QED) is 0.401. The topological polar surface area (TPSA) is 75.7 Å². The van der Waals surface area contributed by atoms with E-state index in [4.69, 9.17) is 4.74 Å². The summed E-state index contributed by atoms with van der Waals surface area (Å²) in [5.74, 6) is 0.604. The van der Waals surface area contributed by atoms with E-state index in [-0.39, 0.29) is 29.4 Å². The molecule has 186 valence electrons. The van der Waals surface area contributed by atoms with Gasteiger partial charge in [-0.3, -0.25) is 4.79 Å². The number of carbonyl (C=O) groups is 1. The summed E-state index contributed by atoms with van der Waals surface area (Å²) in [5, 5.41) is 0. The normalized spacial score (nSPS) is 15.1. The molecule has 0 aliphatic carbocycles. The minimum atomic E-state index is -3.77. The van der Waals surface area contributed by atoms with Crippen LogP contribution in [0.2, 0.25) is 0 Å². The van der Waals surface area contributed by atoms with E-state index in [9.17, 15) is 13.2 Å². The largest absolute Gasteiger partial charge is 0.492 e. The van der Waals surface area contributed by atoms with Crippen LogP contribution in [0.15, 0.2) is 52.3 Å². The number of thioether (sulfide) groups is 1. The van der Waals surface area contributed by atoms with E-state index in [1.165, 1.54) is 23.4 Å². The van der Waals surface area contributed by atoms with Gasteiger partial charge in [-0.1, -0.05) is 45.7 Å². The highest BCUT2D eigenvalue weighted by Gasteiger charge is 2.23. The minimum Gasteiger partial charge on any atom is -0.492 e. The van der Waals surface area contributed by atoms with Crippen LogP contribution in [0, 0.1) is 0 Å². The number of carbonyl (C=O) groups excluding carboxylic acids is 1. The van der Waals surface area contributed by atoms with Crippen molar-refractivity contribution in [1.82, 2.24) is 9.62 Å². The highest BCUT2D eigenvalue weighted by molar-refractivity contribution is 7.98. The zero-order chi connectivity index (χ0) is 24.8. The summed E-state index contributed by atoms with van der Waals surface area (Å²) >= 11 is 1.45. The molecule has 3 rings (SSSR count). The van der Waals surface area contributed by atoms with Gasteiger partial charge in [0.2, 0.25) is 10.0 Å². The molecule has 0 atom stereocenters. The Labute approximate surface area is 208 Å². The summed E-state index contributed by atoms with van der Waals surface area (Å²) in [4.78, 5) is 15.9. The Morgan fingerprint density at radius 1 is 1.03 bits per heavy atom. The molecule has 0 spiro atoms. The van der Waals surface area contributed by atoms with Crippen LogP contribution >= 0.6 is 11.8 Å². The Hall–Kier alpha value is -2.03. The summed E-state index contributed by atoms with van der Waals surface area (Å²) in [6.07, 6.45) is 6.12. The summed E-state index contributed by atoms with van der Waals surface area (Å²) in [5.41, 5.74) is 1.72. The maximum atomic E-state index is 13.2. The fourth-order valence-corrected chi connectivity index (χ4v) is 5.55. The average Bonchev–Trinajstić information content (AvgIpc) is 3.10. The molecular weight excluding hydrogens is 468 g/mol. The third-order valence-electron chi connectivity index (χ3n) is 5.99. The highest BCUT2D eigenvalue weighted by atomic mass is 32.2. The molecule has 0 bridgehead atoms. The van der Waals surface area contributed by atoms with Gasteiger partial charge in [0.15, 0.2) is 0 Å². The Morgan fingerprint density at radius 2 is 1.68 bits per heavy atom. The van der Waals surface area contributed by atoms with E-state index in [1.807, 2.05) is 35.4 Å². The predicted molar refractivity (Wildman–Crippen MR) is 138 cm³/mol. The van der Waals surface area contributed by atoms with Crippen molar-refractivity contribution in [3.05, 3.63) is 53.6 Å². The first kappa shape index (κ1) is 26.6. The van der Waals surface area contributed by atoms with Gasteiger partial charge in [-0.25, -0.2) is 13.1 Å². The molecule has 0 unspecified atom stereocenters. The van der Waals surface area contributed by atoms with Crippen LogP contribution in [0.1, 0.15) is 62.4 Å². The summed E-state index contributed by atoms with van der Waals surface area (Å²) in [6, 6.07) is 12.6. The number of amides is 1. The second-order valence-electron chi connectivity index (χ2n) is 9.59. The molecule has 1 saturated heterocycles. The zero-order valence-corrected chi connectivity index (χ0v) is 22.2. The number of ether oxygens (including phenoxy) is 1. The molecule has 1 heterocycles. The maximum Gasteiger partial charge on any atom is 0.255 e. The first-order valence-corrected chi connectivity index (χ1v) is 14.5. The molecule has 1 aliphatic rings. The molecule has 34 heavy (non-hydrogen) atoms. The van der Waals surface area contributed by atoms with E-state index in [0.717, 1.165) is 43.7 Å². The van der Waals surface area contributed by atoms with Gasteiger partial charge < -0.3 is 9.64 Å². The van der Waals surface area contributed by atoms with Crippen LogP contribution in [-0.2, 0) is 15.4 Å². The molecule has 2 aromatic rings. The second kappa shape index (κ2) is 11.6. The number of hydrogen-bond donors (Lipinski definition) is 1. The zero-order valence-electron chi connectivity index (χ0n) is 20.6. The van der Waals surface area contributed by atoms with Crippen molar-refractivity contribution in [1.29, 1.82) is 0 Å². The van der Waals surface area contributed by atoms with Crippen molar-refractivity contribution in [2.45, 2.75) is 61.7 Å². The minimum absolute atomic E-state index is 0.0629. The molecule has 1 N–H and O–H groups in total. The fraction of sp³-hybridized carbons (Fsp3) is 0.500. The van der Waals surface area contributed by atoms with Crippen molar-refractivity contribution >= 4 is 27.7 Å². The van der Waals surface area contributed by atoms with Crippen molar-refractivity contribution in [3.63, 3.8) is 0 Å². The second-order valence-corrected chi connectivity index (χ2v) is 12.2. The number of sulfonamides is 1. The monoisotopic (exact) mass is 504 g/mol. The number of nitrogens with one attached hydrogen (secondary N) is 1. The van der Waals surface area contributed by atoms with Gasteiger partial charge in [0.25, 0.3) is 5.91 Å². The predicted octanol–water partition coefficient (Wildman–Crippen LogP) is 5.08. The standard InChI is InChI=1S/C26H36N2O4S2/c1-26(2,3)20-9-11-21(12-10-20)32-18-15-27-34(30,31)22-13-14-24(33-4)23(19-22)25(29)28-16-7-5-6-8-17-28/h9-14,19,27H,5-8,15-18H2,1-4H3. The third-order valence-corrected chi connectivity index (χ3v) is 8.24. The Kier molecular flexibility index (Phi) is 9.07. The number of nitrogens with zero attached hydrogens (tertiary/aromatic N) is 1. The number of rotatable bonds is 8. The molecular formula is C26H36N2O4S2.